The van der Waals surface area contributed by atoms with E-state index in [1.54, 1.807) is 17.1 Å². The minimum Gasteiger partial charge on any atom is -0.374 e. The second-order valence-corrected chi connectivity index (χ2v) is 3.77. The minimum absolute atomic E-state index is 0.154. The van der Waals surface area contributed by atoms with Crippen molar-refractivity contribution in [3.63, 3.8) is 0 Å². The molecule has 0 amide bonds. The number of hydrogen-bond acceptors (Lipinski definition) is 4. The number of imidazole rings is 1. The van der Waals surface area contributed by atoms with Crippen LogP contribution in [0.5, 0.6) is 0 Å². The highest BCUT2D eigenvalue weighted by molar-refractivity contribution is 5.61. The molecule has 0 saturated heterocycles. The highest BCUT2D eigenvalue weighted by atomic mass is 19.1. The molecule has 0 aliphatic carbocycles. The first-order valence-corrected chi connectivity index (χ1v) is 5.21. The molecule has 0 aliphatic heterocycles. The molecular formula is C11H11FN4O2. The highest BCUT2D eigenvalue weighted by Crippen LogP contribution is 2.25. The summed E-state index contributed by atoms with van der Waals surface area (Å²) in [6, 6.07) is 3.31. The Balaban J connectivity index is 2.20. The fourth-order valence-corrected chi connectivity index (χ4v) is 1.55. The fraction of sp³-hybridized carbons (Fsp3) is 0.182. The van der Waals surface area contributed by atoms with Crippen LogP contribution in [0.3, 0.4) is 0 Å². The lowest BCUT2D eigenvalue weighted by Crippen LogP contribution is -2.06. The Morgan fingerprint density at radius 2 is 2.33 bits per heavy atom. The number of nitrogens with one attached hydrogen (secondary N) is 1. The van der Waals surface area contributed by atoms with Gasteiger partial charge in [0.25, 0.3) is 5.69 Å². The zero-order valence-corrected chi connectivity index (χ0v) is 9.63. The van der Waals surface area contributed by atoms with Crippen LogP contribution < -0.4 is 5.32 Å². The van der Waals surface area contributed by atoms with Crippen LogP contribution in [0.2, 0.25) is 0 Å². The summed E-state index contributed by atoms with van der Waals surface area (Å²) in [6.07, 6.45) is 3.26. The maximum Gasteiger partial charge on any atom is 0.292 e. The van der Waals surface area contributed by atoms with Gasteiger partial charge in [0.2, 0.25) is 0 Å². The third kappa shape index (κ3) is 2.45. The van der Waals surface area contributed by atoms with Crippen LogP contribution in [0.4, 0.5) is 15.8 Å². The van der Waals surface area contributed by atoms with Crippen LogP contribution in [0.1, 0.15) is 5.69 Å². The van der Waals surface area contributed by atoms with Gasteiger partial charge in [0.15, 0.2) is 0 Å². The lowest BCUT2D eigenvalue weighted by Gasteiger charge is -2.07. The summed E-state index contributed by atoms with van der Waals surface area (Å²) in [5, 5.41) is 13.6. The lowest BCUT2D eigenvalue weighted by molar-refractivity contribution is -0.384. The number of nitro benzene ring substituents is 1. The molecule has 0 aliphatic rings. The SMILES string of the molecule is Cn1cncc1CNc1cc(F)ccc1[N+](=O)[O-]. The van der Waals surface area contributed by atoms with Gasteiger partial charge in [-0.3, -0.25) is 10.1 Å². The van der Waals surface area contributed by atoms with Crippen molar-refractivity contribution in [1.29, 1.82) is 0 Å². The van der Waals surface area contributed by atoms with Crippen molar-refractivity contribution in [2.24, 2.45) is 7.05 Å². The molecule has 94 valence electrons. The second kappa shape index (κ2) is 4.82. The van der Waals surface area contributed by atoms with Crippen molar-refractivity contribution in [2.45, 2.75) is 6.54 Å². The fourth-order valence-electron chi connectivity index (χ4n) is 1.55. The number of rotatable bonds is 4. The normalized spacial score (nSPS) is 10.3. The van der Waals surface area contributed by atoms with Crippen molar-refractivity contribution < 1.29 is 9.31 Å². The summed E-state index contributed by atoms with van der Waals surface area (Å²) in [7, 11) is 1.81. The highest BCUT2D eigenvalue weighted by Gasteiger charge is 2.14. The number of hydrogen-bond donors (Lipinski definition) is 1. The number of benzene rings is 1. The molecule has 6 nitrogen and oxygen atoms in total. The van der Waals surface area contributed by atoms with E-state index in [9.17, 15) is 14.5 Å². The third-order valence-electron chi connectivity index (χ3n) is 2.53. The first-order valence-electron chi connectivity index (χ1n) is 5.21. The molecular weight excluding hydrogens is 239 g/mol. The molecule has 0 radical (unpaired) electrons. The molecule has 1 aromatic carbocycles. The topological polar surface area (TPSA) is 73.0 Å². The molecule has 0 atom stereocenters. The van der Waals surface area contributed by atoms with Gasteiger partial charge in [0, 0.05) is 25.4 Å². The molecule has 1 heterocycles. The van der Waals surface area contributed by atoms with Crippen LogP contribution >= 0.6 is 0 Å². The summed E-state index contributed by atoms with van der Waals surface area (Å²) in [5.41, 5.74) is 0.841. The van der Waals surface area contributed by atoms with Crippen LogP contribution in [-0.2, 0) is 13.6 Å². The predicted octanol–water partition coefficient (Wildman–Crippen LogP) is 2.08. The quantitative estimate of drug-likeness (QED) is 0.666. The molecule has 0 saturated carbocycles. The smallest absolute Gasteiger partial charge is 0.292 e. The number of aryl methyl sites for hydroxylation is 1. The van der Waals surface area contributed by atoms with E-state index in [0.717, 1.165) is 23.9 Å². The standard InChI is InChI=1S/C11H11FN4O2/c1-15-7-13-5-9(15)6-14-10-4-8(12)2-3-11(10)16(17)18/h2-5,7,14H,6H2,1H3. The Bertz CT molecular complexity index is 582. The molecule has 0 fully saturated rings. The van der Waals surface area contributed by atoms with E-state index in [2.05, 4.69) is 10.3 Å². The van der Waals surface area contributed by atoms with E-state index in [-0.39, 0.29) is 11.4 Å². The van der Waals surface area contributed by atoms with Crippen LogP contribution in [0, 0.1) is 15.9 Å². The number of halogens is 1. The van der Waals surface area contributed by atoms with E-state index in [1.807, 2.05) is 7.05 Å². The molecule has 0 unspecified atom stereocenters. The van der Waals surface area contributed by atoms with Crippen LogP contribution in [0.25, 0.3) is 0 Å². The van der Waals surface area contributed by atoms with E-state index < -0.39 is 10.7 Å². The van der Waals surface area contributed by atoms with Gasteiger partial charge in [0.1, 0.15) is 11.5 Å². The molecule has 2 rings (SSSR count). The van der Waals surface area contributed by atoms with Crippen molar-refractivity contribution in [3.8, 4) is 0 Å². The number of nitrogens with zero attached hydrogens (tertiary/aromatic N) is 3. The number of anilines is 1. The maximum absolute atomic E-state index is 13.1. The van der Waals surface area contributed by atoms with Gasteiger partial charge >= 0.3 is 0 Å². The average Bonchev–Trinajstić information content (AvgIpc) is 2.72. The molecule has 1 aromatic heterocycles. The summed E-state index contributed by atoms with van der Waals surface area (Å²) >= 11 is 0. The molecule has 7 heteroatoms. The maximum atomic E-state index is 13.1. The molecule has 0 spiro atoms. The van der Waals surface area contributed by atoms with E-state index in [0.29, 0.717) is 6.54 Å². The summed E-state index contributed by atoms with van der Waals surface area (Å²) in [4.78, 5) is 14.2. The summed E-state index contributed by atoms with van der Waals surface area (Å²) in [5.74, 6) is -0.520. The van der Waals surface area contributed by atoms with Gasteiger partial charge in [-0.2, -0.15) is 0 Å². The largest absolute Gasteiger partial charge is 0.374 e. The summed E-state index contributed by atoms with van der Waals surface area (Å²) in [6.45, 7) is 0.334. The van der Waals surface area contributed by atoms with E-state index in [1.165, 1.54) is 0 Å². The van der Waals surface area contributed by atoms with Crippen molar-refractivity contribution in [1.82, 2.24) is 9.55 Å². The zero-order chi connectivity index (χ0) is 13.1. The van der Waals surface area contributed by atoms with Gasteiger partial charge < -0.3 is 9.88 Å². The first kappa shape index (κ1) is 12.0. The zero-order valence-electron chi connectivity index (χ0n) is 9.63. The predicted molar refractivity (Wildman–Crippen MR) is 63.6 cm³/mol. The second-order valence-electron chi connectivity index (χ2n) is 3.77. The minimum atomic E-state index is -0.551. The van der Waals surface area contributed by atoms with E-state index in [4.69, 9.17) is 0 Å². The third-order valence-corrected chi connectivity index (χ3v) is 2.53. The Morgan fingerprint density at radius 3 is 2.94 bits per heavy atom. The number of nitro groups is 1. The van der Waals surface area contributed by atoms with Crippen molar-refractivity contribution in [2.75, 3.05) is 5.32 Å². The summed E-state index contributed by atoms with van der Waals surface area (Å²) < 4.78 is 14.9. The van der Waals surface area contributed by atoms with Crippen molar-refractivity contribution in [3.05, 3.63) is 52.3 Å². The van der Waals surface area contributed by atoms with Crippen molar-refractivity contribution >= 4 is 11.4 Å². The first-order chi connectivity index (χ1) is 8.58. The Hall–Kier alpha value is -2.44. The lowest BCUT2D eigenvalue weighted by atomic mass is 10.2. The number of aromatic nitrogens is 2. The molecule has 0 bridgehead atoms. The van der Waals surface area contributed by atoms with Crippen LogP contribution in [-0.4, -0.2) is 14.5 Å². The van der Waals surface area contributed by atoms with Gasteiger partial charge in [-0.05, 0) is 6.07 Å². The average molecular weight is 250 g/mol. The Morgan fingerprint density at radius 1 is 1.56 bits per heavy atom. The van der Waals surface area contributed by atoms with E-state index >= 15 is 0 Å². The van der Waals surface area contributed by atoms with Gasteiger partial charge in [-0.25, -0.2) is 9.37 Å². The monoisotopic (exact) mass is 250 g/mol. The van der Waals surface area contributed by atoms with Gasteiger partial charge in [-0.15, -0.1) is 0 Å². The molecule has 1 N–H and O–H groups in total. The Kier molecular flexibility index (Phi) is 3.22. The molecule has 18 heavy (non-hydrogen) atoms. The van der Waals surface area contributed by atoms with Gasteiger partial charge in [-0.1, -0.05) is 0 Å². The molecule has 2 aromatic rings. The van der Waals surface area contributed by atoms with Gasteiger partial charge in [0.05, 0.1) is 23.5 Å². The van der Waals surface area contributed by atoms with Crippen LogP contribution in [0.15, 0.2) is 30.7 Å². The Labute approximate surface area is 102 Å².